The van der Waals surface area contributed by atoms with E-state index in [0.717, 1.165) is 53.0 Å². The van der Waals surface area contributed by atoms with Crippen LogP contribution in [0.2, 0.25) is 0 Å². The highest BCUT2D eigenvalue weighted by Crippen LogP contribution is 2.20. The first-order valence-electron chi connectivity index (χ1n) is 12.9. The van der Waals surface area contributed by atoms with E-state index in [0.29, 0.717) is 39.4 Å². The summed E-state index contributed by atoms with van der Waals surface area (Å²) in [6.07, 6.45) is 2.11. The number of nitrogens with one attached hydrogen (secondary N) is 2. The molecule has 7 nitrogen and oxygen atoms in total. The minimum Gasteiger partial charge on any atom is -0.379 e. The number of anilines is 2. The Kier molecular flexibility index (Phi) is 12.6. The normalized spacial score (nSPS) is 11.2. The molecule has 0 saturated carbocycles. The minimum atomic E-state index is -0.0319. The first-order chi connectivity index (χ1) is 17.2. The van der Waals surface area contributed by atoms with Gasteiger partial charge < -0.3 is 15.4 Å². The summed E-state index contributed by atoms with van der Waals surface area (Å²) in [6.45, 7) is 14.1. The van der Waals surface area contributed by atoms with Crippen molar-refractivity contribution < 1.29 is 14.3 Å². The molecular formula is C29H44N4O3. The number of para-hydroxylation sites is 2. The zero-order valence-electron chi connectivity index (χ0n) is 22.9. The maximum atomic E-state index is 12.7. The summed E-state index contributed by atoms with van der Waals surface area (Å²) in [7, 11) is 1.92. The fourth-order valence-corrected chi connectivity index (χ4v) is 4.08. The van der Waals surface area contributed by atoms with Gasteiger partial charge in [0.1, 0.15) is 0 Å². The van der Waals surface area contributed by atoms with Crippen LogP contribution in [0.4, 0.5) is 11.4 Å². The lowest BCUT2D eigenvalue weighted by Gasteiger charge is -2.22. The van der Waals surface area contributed by atoms with Gasteiger partial charge in [-0.3, -0.25) is 19.4 Å². The fourth-order valence-electron chi connectivity index (χ4n) is 4.08. The zero-order chi connectivity index (χ0) is 26.5. The monoisotopic (exact) mass is 496 g/mol. The Morgan fingerprint density at radius 2 is 1.22 bits per heavy atom. The number of rotatable bonds is 15. The summed E-state index contributed by atoms with van der Waals surface area (Å²) >= 11 is 0. The van der Waals surface area contributed by atoms with Gasteiger partial charge in [-0.05, 0) is 70.0 Å². The van der Waals surface area contributed by atoms with E-state index in [2.05, 4.69) is 22.5 Å². The van der Waals surface area contributed by atoms with E-state index in [1.165, 1.54) is 0 Å². The van der Waals surface area contributed by atoms with E-state index in [1.54, 1.807) is 0 Å². The quantitative estimate of drug-likeness (QED) is 0.354. The van der Waals surface area contributed by atoms with Crippen molar-refractivity contribution in [2.24, 2.45) is 0 Å². The summed E-state index contributed by atoms with van der Waals surface area (Å²) < 4.78 is 5.84. The second kappa shape index (κ2) is 15.4. The molecule has 2 amide bonds. The molecule has 0 aliphatic carbocycles. The standard InChI is InChI=1S/C29H44N4O3/c1-7-8-15-33(21-27(35)31-29-24(4)13-10-14-25(29)5)17-19-36-18-16-32(6)20-26(34)30-28-22(2)11-9-12-23(28)3/h9-14H,7-8,15-21H2,1-6H3,(H,30,34)(H,31,35). The van der Waals surface area contributed by atoms with Crippen molar-refractivity contribution >= 4 is 23.2 Å². The van der Waals surface area contributed by atoms with Crippen LogP contribution in [0.25, 0.3) is 0 Å². The maximum absolute atomic E-state index is 12.7. The smallest absolute Gasteiger partial charge is 0.238 e. The predicted molar refractivity (Wildman–Crippen MR) is 149 cm³/mol. The number of unbranched alkanes of at least 4 members (excludes halogenated alkanes) is 1. The summed E-state index contributed by atoms with van der Waals surface area (Å²) in [4.78, 5) is 29.3. The number of ether oxygens (including phenoxy) is 1. The predicted octanol–water partition coefficient (Wildman–Crippen LogP) is 4.55. The van der Waals surface area contributed by atoms with E-state index in [9.17, 15) is 9.59 Å². The summed E-state index contributed by atoms with van der Waals surface area (Å²) in [5.41, 5.74) is 6.05. The molecule has 0 fully saturated rings. The lowest BCUT2D eigenvalue weighted by atomic mass is 10.1. The molecule has 0 bridgehead atoms. The largest absolute Gasteiger partial charge is 0.379 e. The lowest BCUT2D eigenvalue weighted by molar-refractivity contribution is -0.118. The van der Waals surface area contributed by atoms with Gasteiger partial charge in [0, 0.05) is 24.5 Å². The number of aryl methyl sites for hydroxylation is 4. The number of carbonyl (C=O) groups is 2. The molecule has 36 heavy (non-hydrogen) atoms. The zero-order valence-corrected chi connectivity index (χ0v) is 22.9. The van der Waals surface area contributed by atoms with Crippen LogP contribution in [0.15, 0.2) is 36.4 Å². The number of carbonyl (C=O) groups excluding carboxylic acids is 2. The molecule has 0 saturated heterocycles. The molecule has 2 N–H and O–H groups in total. The maximum Gasteiger partial charge on any atom is 0.238 e. The molecule has 0 atom stereocenters. The van der Waals surface area contributed by atoms with Crippen LogP contribution in [-0.2, 0) is 14.3 Å². The number of likely N-dealkylation sites (N-methyl/N-ethyl adjacent to an activating group) is 1. The van der Waals surface area contributed by atoms with Gasteiger partial charge >= 0.3 is 0 Å². The molecule has 0 radical (unpaired) electrons. The highest BCUT2D eigenvalue weighted by molar-refractivity contribution is 5.94. The Hall–Kier alpha value is -2.74. The molecular weight excluding hydrogens is 452 g/mol. The van der Waals surface area contributed by atoms with Crippen LogP contribution >= 0.6 is 0 Å². The molecule has 7 heteroatoms. The molecule has 2 rings (SSSR count). The van der Waals surface area contributed by atoms with Crippen molar-refractivity contribution in [2.45, 2.75) is 47.5 Å². The van der Waals surface area contributed by atoms with Gasteiger partial charge in [-0.25, -0.2) is 0 Å². The van der Waals surface area contributed by atoms with Gasteiger partial charge in [0.15, 0.2) is 0 Å². The van der Waals surface area contributed by atoms with Crippen LogP contribution in [0.1, 0.15) is 42.0 Å². The van der Waals surface area contributed by atoms with Gasteiger partial charge in [0.05, 0.1) is 26.3 Å². The van der Waals surface area contributed by atoms with E-state index in [-0.39, 0.29) is 11.8 Å². The Morgan fingerprint density at radius 3 is 1.72 bits per heavy atom. The van der Waals surface area contributed by atoms with E-state index >= 15 is 0 Å². The molecule has 2 aromatic rings. The molecule has 198 valence electrons. The third kappa shape index (κ3) is 10.1. The summed E-state index contributed by atoms with van der Waals surface area (Å²) in [5.74, 6) is -0.0336. The highest BCUT2D eigenvalue weighted by Gasteiger charge is 2.13. The van der Waals surface area contributed by atoms with Crippen LogP contribution in [-0.4, -0.2) is 74.6 Å². The van der Waals surface area contributed by atoms with Crippen molar-refractivity contribution in [3.8, 4) is 0 Å². The number of hydrogen-bond acceptors (Lipinski definition) is 5. The van der Waals surface area contributed by atoms with Crippen LogP contribution in [0.3, 0.4) is 0 Å². The van der Waals surface area contributed by atoms with Crippen molar-refractivity contribution in [2.75, 3.05) is 63.6 Å². The second-order valence-electron chi connectivity index (χ2n) is 9.61. The molecule has 2 aromatic carbocycles. The Bertz CT molecular complexity index is 952. The van der Waals surface area contributed by atoms with E-state index in [1.807, 2.05) is 76.0 Å². The van der Waals surface area contributed by atoms with Crippen LogP contribution in [0.5, 0.6) is 0 Å². The fraction of sp³-hybridized carbons (Fsp3) is 0.517. The Morgan fingerprint density at radius 1 is 0.750 bits per heavy atom. The topological polar surface area (TPSA) is 73.9 Å². The molecule has 0 aliphatic heterocycles. The Labute approximate surface area is 217 Å². The highest BCUT2D eigenvalue weighted by atomic mass is 16.5. The number of hydrogen-bond donors (Lipinski definition) is 2. The van der Waals surface area contributed by atoms with Crippen molar-refractivity contribution in [3.63, 3.8) is 0 Å². The SMILES string of the molecule is CCCCN(CCOCCN(C)CC(=O)Nc1c(C)cccc1C)CC(=O)Nc1c(C)cccc1C. The van der Waals surface area contributed by atoms with E-state index < -0.39 is 0 Å². The number of nitrogens with zero attached hydrogens (tertiary/aromatic N) is 2. The van der Waals surface area contributed by atoms with Crippen LogP contribution in [0, 0.1) is 27.7 Å². The molecule has 0 aliphatic rings. The second-order valence-corrected chi connectivity index (χ2v) is 9.61. The number of benzene rings is 2. The van der Waals surface area contributed by atoms with E-state index in [4.69, 9.17) is 4.74 Å². The van der Waals surface area contributed by atoms with Gasteiger partial charge in [-0.1, -0.05) is 49.7 Å². The lowest BCUT2D eigenvalue weighted by Crippen LogP contribution is -2.37. The van der Waals surface area contributed by atoms with Gasteiger partial charge in [-0.2, -0.15) is 0 Å². The Balaban J connectivity index is 1.72. The van der Waals surface area contributed by atoms with Crippen molar-refractivity contribution in [3.05, 3.63) is 58.7 Å². The number of amides is 2. The van der Waals surface area contributed by atoms with Gasteiger partial charge in [-0.15, -0.1) is 0 Å². The summed E-state index contributed by atoms with van der Waals surface area (Å²) in [6, 6.07) is 12.0. The minimum absolute atomic E-state index is 0.00172. The average Bonchev–Trinajstić information content (AvgIpc) is 2.82. The molecule has 0 unspecified atom stereocenters. The van der Waals surface area contributed by atoms with Crippen molar-refractivity contribution in [1.29, 1.82) is 0 Å². The molecule has 0 spiro atoms. The molecule has 0 aromatic heterocycles. The van der Waals surface area contributed by atoms with Crippen molar-refractivity contribution in [1.82, 2.24) is 9.80 Å². The van der Waals surface area contributed by atoms with Gasteiger partial charge in [0.25, 0.3) is 0 Å². The van der Waals surface area contributed by atoms with Crippen LogP contribution < -0.4 is 10.6 Å². The third-order valence-corrected chi connectivity index (χ3v) is 6.27. The summed E-state index contributed by atoms with van der Waals surface area (Å²) in [5, 5.41) is 6.10. The van der Waals surface area contributed by atoms with Gasteiger partial charge in [0.2, 0.25) is 11.8 Å². The molecule has 0 heterocycles. The first-order valence-corrected chi connectivity index (χ1v) is 12.9. The third-order valence-electron chi connectivity index (χ3n) is 6.27. The average molecular weight is 497 g/mol. The first kappa shape index (κ1) is 29.5.